The van der Waals surface area contributed by atoms with Crippen molar-refractivity contribution < 1.29 is 4.79 Å². The molecule has 1 N–H and O–H groups in total. The summed E-state index contributed by atoms with van der Waals surface area (Å²) in [6.07, 6.45) is 1.95. The first-order valence-corrected chi connectivity index (χ1v) is 10.5. The van der Waals surface area contributed by atoms with E-state index in [9.17, 15) is 4.79 Å². The van der Waals surface area contributed by atoms with Crippen molar-refractivity contribution >= 4 is 33.7 Å². The first-order chi connectivity index (χ1) is 13.6. The van der Waals surface area contributed by atoms with Gasteiger partial charge in [0.1, 0.15) is 5.01 Å². The number of hydrogen-bond donors (Lipinski definition) is 1. The molecule has 3 aromatic heterocycles. The van der Waals surface area contributed by atoms with Crippen LogP contribution in [0.4, 0.5) is 5.13 Å². The Morgan fingerprint density at radius 3 is 2.68 bits per heavy atom. The van der Waals surface area contributed by atoms with E-state index < -0.39 is 0 Å². The van der Waals surface area contributed by atoms with Crippen LogP contribution < -0.4 is 5.32 Å². The van der Waals surface area contributed by atoms with Crippen LogP contribution >= 0.6 is 22.7 Å². The maximum atomic E-state index is 12.4. The van der Waals surface area contributed by atoms with Gasteiger partial charge in [0.2, 0.25) is 5.91 Å². The number of carbonyl (C=O) groups excluding carboxylic acids is 1. The molecule has 3 heterocycles. The van der Waals surface area contributed by atoms with E-state index in [0.29, 0.717) is 5.13 Å². The number of hydrogen-bond acceptors (Lipinski definition) is 6. The second kappa shape index (κ2) is 8.00. The molecule has 0 saturated heterocycles. The number of aryl methyl sites for hydroxylation is 2. The molecule has 0 aliphatic carbocycles. The molecule has 5 nitrogen and oxygen atoms in total. The smallest absolute Gasteiger partial charge is 0.232 e. The lowest BCUT2D eigenvalue weighted by Crippen LogP contribution is -2.14. The SMILES string of the molecule is Cc1ccc(-c2csc(NC(=O)Cc3csc(-c4ccccn4)n3)n2)cc1C. The van der Waals surface area contributed by atoms with E-state index >= 15 is 0 Å². The van der Waals surface area contributed by atoms with E-state index in [0.717, 1.165) is 27.7 Å². The molecule has 0 aliphatic rings. The summed E-state index contributed by atoms with van der Waals surface area (Å²) in [5.74, 6) is -0.126. The average Bonchev–Trinajstić information content (AvgIpc) is 3.34. The largest absolute Gasteiger partial charge is 0.302 e. The number of aromatic nitrogens is 3. The highest BCUT2D eigenvalue weighted by Crippen LogP contribution is 2.27. The highest BCUT2D eigenvalue weighted by Gasteiger charge is 2.12. The number of amides is 1. The molecule has 4 aromatic rings. The number of anilines is 1. The number of carbonyl (C=O) groups is 1. The summed E-state index contributed by atoms with van der Waals surface area (Å²) in [4.78, 5) is 25.7. The Balaban J connectivity index is 1.41. The summed E-state index contributed by atoms with van der Waals surface area (Å²) in [5.41, 5.74) is 5.95. The summed E-state index contributed by atoms with van der Waals surface area (Å²) < 4.78 is 0. The average molecular weight is 407 g/mol. The van der Waals surface area contributed by atoms with Crippen molar-refractivity contribution in [1.82, 2.24) is 15.0 Å². The number of nitrogens with zero attached hydrogens (tertiary/aromatic N) is 3. The molecule has 4 rings (SSSR count). The lowest BCUT2D eigenvalue weighted by Gasteiger charge is -2.02. The maximum absolute atomic E-state index is 12.4. The van der Waals surface area contributed by atoms with Crippen molar-refractivity contribution in [2.24, 2.45) is 0 Å². The van der Waals surface area contributed by atoms with Crippen LogP contribution in [0.1, 0.15) is 16.8 Å². The fraction of sp³-hybridized carbons (Fsp3) is 0.143. The molecule has 1 aromatic carbocycles. The molecule has 140 valence electrons. The van der Waals surface area contributed by atoms with Crippen LogP contribution in [0.5, 0.6) is 0 Å². The van der Waals surface area contributed by atoms with Crippen molar-refractivity contribution in [1.29, 1.82) is 0 Å². The number of rotatable bonds is 5. The molecule has 7 heteroatoms. The van der Waals surface area contributed by atoms with E-state index in [1.807, 2.05) is 29.0 Å². The topological polar surface area (TPSA) is 67.8 Å². The molecule has 0 fully saturated rings. The molecule has 0 saturated carbocycles. The predicted molar refractivity (Wildman–Crippen MR) is 115 cm³/mol. The first-order valence-electron chi connectivity index (χ1n) is 8.77. The van der Waals surface area contributed by atoms with Crippen molar-refractivity contribution in [2.45, 2.75) is 20.3 Å². The Morgan fingerprint density at radius 2 is 1.89 bits per heavy atom. The van der Waals surface area contributed by atoms with E-state index in [1.165, 1.54) is 33.8 Å². The number of benzene rings is 1. The third kappa shape index (κ3) is 4.16. The Morgan fingerprint density at radius 1 is 1.00 bits per heavy atom. The van der Waals surface area contributed by atoms with Gasteiger partial charge in [-0.25, -0.2) is 9.97 Å². The highest BCUT2D eigenvalue weighted by atomic mass is 32.1. The van der Waals surface area contributed by atoms with Gasteiger partial charge >= 0.3 is 0 Å². The third-order valence-corrected chi connectivity index (χ3v) is 6.00. The van der Waals surface area contributed by atoms with Gasteiger partial charge in [-0.3, -0.25) is 9.78 Å². The third-order valence-electron chi connectivity index (χ3n) is 4.33. The van der Waals surface area contributed by atoms with Gasteiger partial charge in [-0.05, 0) is 43.2 Å². The van der Waals surface area contributed by atoms with Crippen LogP contribution in [0, 0.1) is 13.8 Å². The summed E-state index contributed by atoms with van der Waals surface area (Å²) in [6, 6.07) is 12.0. The van der Waals surface area contributed by atoms with E-state index in [-0.39, 0.29) is 12.3 Å². The minimum Gasteiger partial charge on any atom is -0.302 e. The Hall–Kier alpha value is -2.90. The molecular formula is C21H18N4OS2. The zero-order valence-electron chi connectivity index (χ0n) is 15.5. The lowest BCUT2D eigenvalue weighted by molar-refractivity contribution is -0.115. The van der Waals surface area contributed by atoms with Crippen molar-refractivity contribution in [2.75, 3.05) is 5.32 Å². The fourth-order valence-electron chi connectivity index (χ4n) is 2.69. The van der Waals surface area contributed by atoms with Crippen LogP contribution in [0.25, 0.3) is 22.0 Å². The maximum Gasteiger partial charge on any atom is 0.232 e. The van der Waals surface area contributed by atoms with Gasteiger partial charge in [-0.1, -0.05) is 18.2 Å². The zero-order chi connectivity index (χ0) is 19.5. The van der Waals surface area contributed by atoms with E-state index in [2.05, 4.69) is 52.3 Å². The summed E-state index contributed by atoms with van der Waals surface area (Å²) in [5, 5.41) is 8.14. The fourth-order valence-corrected chi connectivity index (χ4v) is 4.22. The van der Waals surface area contributed by atoms with Crippen LogP contribution in [-0.2, 0) is 11.2 Å². The molecular weight excluding hydrogens is 388 g/mol. The minimum absolute atomic E-state index is 0.126. The second-order valence-corrected chi connectivity index (χ2v) is 8.14. The van der Waals surface area contributed by atoms with Crippen molar-refractivity contribution in [3.8, 4) is 22.0 Å². The summed E-state index contributed by atoms with van der Waals surface area (Å²) in [7, 11) is 0. The van der Waals surface area contributed by atoms with Gasteiger partial charge in [0.05, 0.1) is 23.5 Å². The lowest BCUT2D eigenvalue weighted by atomic mass is 10.1. The quantitative estimate of drug-likeness (QED) is 0.499. The van der Waals surface area contributed by atoms with Crippen LogP contribution in [0.15, 0.2) is 53.4 Å². The van der Waals surface area contributed by atoms with Crippen molar-refractivity contribution in [3.05, 3.63) is 70.2 Å². The predicted octanol–water partition coefficient (Wildman–Crippen LogP) is 5.13. The van der Waals surface area contributed by atoms with Gasteiger partial charge in [0.15, 0.2) is 5.13 Å². The monoisotopic (exact) mass is 406 g/mol. The number of pyridine rings is 1. The van der Waals surface area contributed by atoms with Crippen LogP contribution in [0.3, 0.4) is 0 Å². The van der Waals surface area contributed by atoms with Crippen molar-refractivity contribution in [3.63, 3.8) is 0 Å². The highest BCUT2D eigenvalue weighted by molar-refractivity contribution is 7.14. The molecule has 0 bridgehead atoms. The van der Waals surface area contributed by atoms with Gasteiger partial charge in [-0.2, -0.15) is 0 Å². The number of nitrogens with one attached hydrogen (secondary N) is 1. The summed E-state index contributed by atoms with van der Waals surface area (Å²) >= 11 is 2.91. The molecule has 0 radical (unpaired) electrons. The van der Waals surface area contributed by atoms with Gasteiger partial charge in [0, 0.05) is 22.5 Å². The molecule has 0 atom stereocenters. The molecule has 0 aliphatic heterocycles. The van der Waals surface area contributed by atoms with E-state index in [4.69, 9.17) is 0 Å². The number of thiazole rings is 2. The molecule has 0 spiro atoms. The van der Waals surface area contributed by atoms with E-state index in [1.54, 1.807) is 6.20 Å². The van der Waals surface area contributed by atoms with Crippen LogP contribution in [0.2, 0.25) is 0 Å². The van der Waals surface area contributed by atoms with Gasteiger partial charge in [-0.15, -0.1) is 22.7 Å². The van der Waals surface area contributed by atoms with Gasteiger partial charge in [0.25, 0.3) is 0 Å². The Bertz CT molecular complexity index is 1120. The molecule has 28 heavy (non-hydrogen) atoms. The second-order valence-electron chi connectivity index (χ2n) is 6.42. The van der Waals surface area contributed by atoms with Crippen LogP contribution in [-0.4, -0.2) is 20.9 Å². The Labute approximate surface area is 171 Å². The Kier molecular flexibility index (Phi) is 5.27. The standard InChI is InChI=1S/C21H18N4OS2/c1-13-6-7-15(9-14(13)2)18-12-28-21(24-18)25-19(26)10-16-11-27-20(23-16)17-5-3-4-8-22-17/h3-9,11-12H,10H2,1-2H3,(H,24,25,26). The first kappa shape index (κ1) is 18.5. The van der Waals surface area contributed by atoms with Gasteiger partial charge < -0.3 is 5.32 Å². The minimum atomic E-state index is -0.126. The normalized spacial score (nSPS) is 10.8. The zero-order valence-corrected chi connectivity index (χ0v) is 17.1. The molecule has 1 amide bonds. The summed E-state index contributed by atoms with van der Waals surface area (Å²) in [6.45, 7) is 4.17. The molecule has 0 unspecified atom stereocenters.